The van der Waals surface area contributed by atoms with Crippen LogP contribution in [0.25, 0.3) is 0 Å². The Labute approximate surface area is 90.3 Å². The predicted molar refractivity (Wildman–Crippen MR) is 58.2 cm³/mol. The van der Waals surface area contributed by atoms with Crippen LogP contribution in [0.15, 0.2) is 18.2 Å². The topological polar surface area (TPSA) is 9.23 Å². The highest BCUT2D eigenvalue weighted by molar-refractivity contribution is 5.25. The van der Waals surface area contributed by atoms with Crippen LogP contribution in [0.2, 0.25) is 0 Å². The van der Waals surface area contributed by atoms with E-state index < -0.39 is 0 Å². The molecular formula is C13H17FO. The Bertz CT molecular complexity index is 340. The second-order valence-electron chi connectivity index (χ2n) is 4.53. The SMILES string of the molecule is Cc1ccc(C2CCC(C)CO2)c(F)c1. The number of rotatable bonds is 1. The van der Waals surface area contributed by atoms with Gasteiger partial charge in [0.2, 0.25) is 0 Å². The second-order valence-corrected chi connectivity index (χ2v) is 4.53. The summed E-state index contributed by atoms with van der Waals surface area (Å²) in [6.45, 7) is 4.82. The van der Waals surface area contributed by atoms with Crippen LogP contribution < -0.4 is 0 Å². The van der Waals surface area contributed by atoms with Gasteiger partial charge in [-0.15, -0.1) is 0 Å². The monoisotopic (exact) mass is 208 g/mol. The van der Waals surface area contributed by atoms with Crippen LogP contribution in [0.4, 0.5) is 4.39 Å². The number of aryl methyl sites for hydroxylation is 1. The van der Waals surface area contributed by atoms with Crippen molar-refractivity contribution in [3.05, 3.63) is 35.1 Å². The van der Waals surface area contributed by atoms with Gasteiger partial charge in [-0.2, -0.15) is 0 Å². The third-order valence-electron chi connectivity index (χ3n) is 3.01. The zero-order valence-corrected chi connectivity index (χ0v) is 9.29. The van der Waals surface area contributed by atoms with Gasteiger partial charge in [-0.25, -0.2) is 4.39 Å². The molecule has 0 aromatic heterocycles. The van der Waals surface area contributed by atoms with Crippen molar-refractivity contribution in [1.29, 1.82) is 0 Å². The van der Waals surface area contributed by atoms with Gasteiger partial charge in [-0.3, -0.25) is 0 Å². The van der Waals surface area contributed by atoms with E-state index in [1.165, 1.54) is 0 Å². The first kappa shape index (κ1) is 10.6. The summed E-state index contributed by atoms with van der Waals surface area (Å²) in [7, 11) is 0. The van der Waals surface area contributed by atoms with Gasteiger partial charge < -0.3 is 4.74 Å². The zero-order chi connectivity index (χ0) is 10.8. The Morgan fingerprint density at radius 1 is 1.33 bits per heavy atom. The van der Waals surface area contributed by atoms with Crippen LogP contribution in [0.5, 0.6) is 0 Å². The molecule has 2 heteroatoms. The largest absolute Gasteiger partial charge is 0.373 e. The van der Waals surface area contributed by atoms with Gasteiger partial charge in [-0.1, -0.05) is 19.1 Å². The van der Waals surface area contributed by atoms with Gasteiger partial charge in [-0.05, 0) is 37.3 Å². The lowest BCUT2D eigenvalue weighted by Gasteiger charge is -2.27. The molecule has 0 spiro atoms. The molecule has 0 saturated carbocycles. The maximum atomic E-state index is 13.7. The molecule has 1 aliphatic heterocycles. The smallest absolute Gasteiger partial charge is 0.129 e. The maximum Gasteiger partial charge on any atom is 0.129 e. The number of hydrogen-bond donors (Lipinski definition) is 0. The van der Waals surface area contributed by atoms with E-state index in [1.54, 1.807) is 6.07 Å². The van der Waals surface area contributed by atoms with Crippen molar-refractivity contribution in [2.75, 3.05) is 6.61 Å². The summed E-state index contributed by atoms with van der Waals surface area (Å²) in [5.41, 5.74) is 1.67. The lowest BCUT2D eigenvalue weighted by molar-refractivity contribution is -0.0141. The molecule has 15 heavy (non-hydrogen) atoms. The molecule has 0 amide bonds. The van der Waals surface area contributed by atoms with E-state index in [4.69, 9.17) is 4.74 Å². The molecule has 1 aromatic rings. The molecule has 2 atom stereocenters. The number of ether oxygens (including phenoxy) is 1. The van der Waals surface area contributed by atoms with Crippen LogP contribution in [0.3, 0.4) is 0 Å². The van der Waals surface area contributed by atoms with Gasteiger partial charge in [0, 0.05) is 12.2 Å². The third kappa shape index (κ3) is 2.37. The van der Waals surface area contributed by atoms with Gasteiger partial charge in [0.1, 0.15) is 5.82 Å². The van der Waals surface area contributed by atoms with Crippen molar-refractivity contribution in [2.24, 2.45) is 5.92 Å². The Morgan fingerprint density at radius 2 is 2.13 bits per heavy atom. The van der Waals surface area contributed by atoms with E-state index in [9.17, 15) is 4.39 Å². The van der Waals surface area contributed by atoms with Gasteiger partial charge >= 0.3 is 0 Å². The lowest BCUT2D eigenvalue weighted by atomic mass is 9.95. The lowest BCUT2D eigenvalue weighted by Crippen LogP contribution is -2.19. The van der Waals surface area contributed by atoms with E-state index in [0.717, 1.165) is 25.0 Å². The first-order chi connectivity index (χ1) is 7.16. The molecule has 0 radical (unpaired) electrons. The van der Waals surface area contributed by atoms with Crippen LogP contribution >= 0.6 is 0 Å². The third-order valence-corrected chi connectivity index (χ3v) is 3.01. The Hall–Kier alpha value is -0.890. The summed E-state index contributed by atoms with van der Waals surface area (Å²) < 4.78 is 19.3. The quantitative estimate of drug-likeness (QED) is 0.685. The highest BCUT2D eigenvalue weighted by Crippen LogP contribution is 2.31. The molecule has 82 valence electrons. The average molecular weight is 208 g/mol. The van der Waals surface area contributed by atoms with Gasteiger partial charge in [0.15, 0.2) is 0 Å². The molecule has 1 heterocycles. The van der Waals surface area contributed by atoms with Crippen molar-refractivity contribution in [3.8, 4) is 0 Å². The number of hydrogen-bond acceptors (Lipinski definition) is 1. The summed E-state index contributed by atoms with van der Waals surface area (Å²) in [6.07, 6.45) is 2.01. The van der Waals surface area contributed by atoms with Crippen molar-refractivity contribution < 1.29 is 9.13 Å². The Balaban J connectivity index is 2.15. The molecule has 0 aliphatic carbocycles. The van der Waals surface area contributed by atoms with Gasteiger partial charge in [0.05, 0.1) is 6.10 Å². The normalized spacial score (nSPS) is 26.6. The van der Waals surface area contributed by atoms with Crippen molar-refractivity contribution in [1.82, 2.24) is 0 Å². The van der Waals surface area contributed by atoms with Crippen LogP contribution in [-0.2, 0) is 4.74 Å². The zero-order valence-electron chi connectivity index (χ0n) is 9.29. The number of halogens is 1. The highest BCUT2D eigenvalue weighted by Gasteiger charge is 2.22. The molecule has 1 saturated heterocycles. The predicted octanol–water partition coefficient (Wildman–Crippen LogP) is 3.62. The Morgan fingerprint density at radius 3 is 2.73 bits per heavy atom. The summed E-state index contributed by atoms with van der Waals surface area (Å²) in [5.74, 6) is 0.476. The van der Waals surface area contributed by atoms with E-state index in [0.29, 0.717) is 11.5 Å². The minimum Gasteiger partial charge on any atom is -0.373 e. The summed E-state index contributed by atoms with van der Waals surface area (Å²) >= 11 is 0. The van der Waals surface area contributed by atoms with E-state index in [1.807, 2.05) is 19.1 Å². The summed E-state index contributed by atoms with van der Waals surface area (Å²) in [6, 6.07) is 5.38. The average Bonchev–Trinajstić information content (AvgIpc) is 2.20. The second kappa shape index (κ2) is 4.31. The van der Waals surface area contributed by atoms with Crippen molar-refractivity contribution >= 4 is 0 Å². The summed E-state index contributed by atoms with van der Waals surface area (Å²) in [4.78, 5) is 0. The molecule has 1 aliphatic rings. The van der Waals surface area contributed by atoms with Crippen molar-refractivity contribution in [2.45, 2.75) is 32.8 Å². The molecule has 2 unspecified atom stereocenters. The molecular weight excluding hydrogens is 191 g/mol. The van der Waals surface area contributed by atoms with E-state index in [2.05, 4.69) is 6.92 Å². The van der Waals surface area contributed by atoms with Gasteiger partial charge in [0.25, 0.3) is 0 Å². The fourth-order valence-electron chi connectivity index (χ4n) is 2.02. The molecule has 1 nitrogen and oxygen atoms in total. The maximum absolute atomic E-state index is 13.7. The summed E-state index contributed by atoms with van der Waals surface area (Å²) in [5, 5.41) is 0. The standard InChI is InChI=1S/C13H17FO/c1-9-3-5-11(12(14)7-9)13-6-4-10(2)8-15-13/h3,5,7,10,13H,4,6,8H2,1-2H3. The number of benzene rings is 1. The van der Waals surface area contributed by atoms with Crippen LogP contribution in [-0.4, -0.2) is 6.61 Å². The van der Waals surface area contributed by atoms with E-state index in [-0.39, 0.29) is 11.9 Å². The first-order valence-electron chi connectivity index (χ1n) is 5.54. The van der Waals surface area contributed by atoms with Crippen molar-refractivity contribution in [3.63, 3.8) is 0 Å². The van der Waals surface area contributed by atoms with E-state index >= 15 is 0 Å². The molecule has 1 aromatic carbocycles. The molecule has 0 N–H and O–H groups in total. The highest BCUT2D eigenvalue weighted by atomic mass is 19.1. The minimum absolute atomic E-state index is 0.0400. The fourth-order valence-corrected chi connectivity index (χ4v) is 2.02. The van der Waals surface area contributed by atoms with Crippen LogP contribution in [0.1, 0.15) is 37.0 Å². The molecule has 0 bridgehead atoms. The molecule has 1 fully saturated rings. The first-order valence-corrected chi connectivity index (χ1v) is 5.54. The molecule has 2 rings (SSSR count). The van der Waals surface area contributed by atoms with Crippen LogP contribution in [0, 0.1) is 18.7 Å². The minimum atomic E-state index is -0.130. The Kier molecular flexibility index (Phi) is 3.06. The fraction of sp³-hybridized carbons (Fsp3) is 0.538.